The Kier molecular flexibility index (Phi) is 9.14. The van der Waals surface area contributed by atoms with Gasteiger partial charge in [-0.2, -0.15) is 4.31 Å². The van der Waals surface area contributed by atoms with E-state index in [1.54, 1.807) is 12.1 Å². The molecule has 1 unspecified atom stereocenters. The lowest BCUT2D eigenvalue weighted by Gasteiger charge is -2.41. The molecule has 1 aliphatic carbocycles. The molecule has 1 aliphatic heterocycles. The summed E-state index contributed by atoms with van der Waals surface area (Å²) in [6.07, 6.45) is 5.36. The van der Waals surface area contributed by atoms with Crippen LogP contribution in [0.15, 0.2) is 47.4 Å². The molecule has 0 aromatic heterocycles. The Morgan fingerprint density at radius 3 is 2.00 bits per heavy atom. The normalized spacial score (nSPS) is 17.5. The van der Waals surface area contributed by atoms with E-state index in [-0.39, 0.29) is 24.2 Å². The van der Waals surface area contributed by atoms with Crippen LogP contribution in [0.3, 0.4) is 0 Å². The van der Waals surface area contributed by atoms with Gasteiger partial charge in [-0.3, -0.25) is 14.8 Å². The number of carbonyl (C=O) groups is 2. The number of nitrogens with one attached hydrogen (secondary N) is 1. The van der Waals surface area contributed by atoms with Crippen LogP contribution in [0.4, 0.5) is 27.6 Å². The Morgan fingerprint density at radius 1 is 0.867 bits per heavy atom. The Morgan fingerprint density at radius 2 is 1.47 bits per heavy atom. The van der Waals surface area contributed by atoms with E-state index in [1.807, 2.05) is 12.1 Å². The SMILES string of the molecule is O=C(NO)c1ccc(N(Cc2ccc(C3CCCCC3)cc2)C(=O)C2CCN2S(=O)(=O)c2c(F)c(F)c(F)c(F)c2F)cc1O. The third-order valence-electron chi connectivity index (χ3n) is 8.29. The number of anilines is 1. The van der Waals surface area contributed by atoms with Crippen molar-refractivity contribution in [1.29, 1.82) is 0 Å². The van der Waals surface area contributed by atoms with Gasteiger partial charge >= 0.3 is 0 Å². The fourth-order valence-electron chi connectivity index (χ4n) is 5.76. The first-order valence-corrected chi connectivity index (χ1v) is 15.5. The summed E-state index contributed by atoms with van der Waals surface area (Å²) in [6.45, 7) is -0.634. The maximum absolute atomic E-state index is 14.5. The molecule has 3 N–H and O–H groups in total. The van der Waals surface area contributed by atoms with Crippen molar-refractivity contribution in [3.05, 3.63) is 88.2 Å². The van der Waals surface area contributed by atoms with Gasteiger partial charge in [-0.15, -0.1) is 0 Å². The molecule has 240 valence electrons. The van der Waals surface area contributed by atoms with Gasteiger partial charge in [0.25, 0.3) is 5.91 Å². The highest BCUT2D eigenvalue weighted by Gasteiger charge is 2.48. The van der Waals surface area contributed by atoms with E-state index in [4.69, 9.17) is 5.21 Å². The van der Waals surface area contributed by atoms with Gasteiger partial charge in [0.1, 0.15) is 11.8 Å². The van der Waals surface area contributed by atoms with Gasteiger partial charge in [0.05, 0.1) is 12.1 Å². The van der Waals surface area contributed by atoms with E-state index in [9.17, 15) is 45.1 Å². The highest BCUT2D eigenvalue weighted by atomic mass is 32.2. The summed E-state index contributed by atoms with van der Waals surface area (Å²) >= 11 is 0. The van der Waals surface area contributed by atoms with Crippen LogP contribution in [0.5, 0.6) is 5.75 Å². The molecule has 3 aromatic rings. The van der Waals surface area contributed by atoms with E-state index >= 15 is 0 Å². The molecule has 0 spiro atoms. The summed E-state index contributed by atoms with van der Waals surface area (Å²) in [7, 11) is -5.40. The second kappa shape index (κ2) is 12.7. The van der Waals surface area contributed by atoms with Crippen molar-refractivity contribution in [1.82, 2.24) is 9.79 Å². The van der Waals surface area contributed by atoms with Crippen LogP contribution in [0.1, 0.15) is 65.9 Å². The molecule has 9 nitrogen and oxygen atoms in total. The van der Waals surface area contributed by atoms with Crippen molar-refractivity contribution in [3.8, 4) is 5.75 Å². The Bertz CT molecular complexity index is 1720. The van der Waals surface area contributed by atoms with Crippen molar-refractivity contribution in [2.75, 3.05) is 11.4 Å². The van der Waals surface area contributed by atoms with Gasteiger partial charge in [0.15, 0.2) is 28.2 Å². The summed E-state index contributed by atoms with van der Waals surface area (Å²) in [5.74, 6) is -14.7. The molecule has 45 heavy (non-hydrogen) atoms. The third-order valence-corrected chi connectivity index (χ3v) is 10.2. The number of aromatic hydroxyl groups is 1. The number of amides is 2. The van der Waals surface area contributed by atoms with Crippen molar-refractivity contribution in [2.24, 2.45) is 0 Å². The molecule has 0 radical (unpaired) electrons. The molecule has 0 bridgehead atoms. The minimum absolute atomic E-state index is 0.0103. The highest BCUT2D eigenvalue weighted by Crippen LogP contribution is 2.36. The number of sulfonamides is 1. The first kappa shape index (κ1) is 32.3. The second-order valence-electron chi connectivity index (χ2n) is 11.0. The number of phenolic OH excluding ortho intramolecular Hbond substituents is 1. The fraction of sp³-hybridized carbons (Fsp3) is 0.333. The van der Waals surface area contributed by atoms with Gasteiger partial charge in [0, 0.05) is 18.3 Å². The lowest BCUT2D eigenvalue weighted by Crippen LogP contribution is -2.59. The maximum atomic E-state index is 14.5. The molecule has 1 saturated heterocycles. The van der Waals surface area contributed by atoms with Crippen molar-refractivity contribution in [3.63, 3.8) is 0 Å². The smallest absolute Gasteiger partial charge is 0.278 e. The summed E-state index contributed by atoms with van der Waals surface area (Å²) in [5.41, 5.74) is 2.73. The number of benzene rings is 3. The lowest BCUT2D eigenvalue weighted by molar-refractivity contribution is -0.125. The van der Waals surface area contributed by atoms with Crippen molar-refractivity contribution >= 4 is 27.5 Å². The number of rotatable bonds is 8. The van der Waals surface area contributed by atoms with Crippen molar-refractivity contribution < 1.29 is 50.3 Å². The molecular formula is C30H28F5N3O6S. The van der Waals surface area contributed by atoms with Crippen LogP contribution in [0.2, 0.25) is 0 Å². The van der Waals surface area contributed by atoms with Crippen LogP contribution in [0.25, 0.3) is 0 Å². The average Bonchev–Trinajstić information content (AvgIpc) is 3.01. The standard InChI is InChI=1S/C30H28F5N3O6S/c31-23-24(32)26(34)28(27(35)25(23)33)45(43,44)38-13-12-21(38)30(41)37(19-10-11-20(22(39)14-19)29(40)36-42)15-16-6-8-18(9-7-16)17-4-2-1-3-5-17/h6-11,14,17,21,39,42H,1-5,12-13,15H2,(H,36,40). The first-order valence-electron chi connectivity index (χ1n) is 14.1. The minimum Gasteiger partial charge on any atom is -0.507 e. The van der Waals surface area contributed by atoms with Gasteiger partial charge in [-0.1, -0.05) is 43.5 Å². The zero-order chi connectivity index (χ0) is 32.6. The summed E-state index contributed by atoms with van der Waals surface area (Å²) in [4.78, 5) is 24.8. The van der Waals surface area contributed by atoms with Crippen molar-refractivity contribution in [2.45, 2.75) is 61.9 Å². The molecule has 2 aliphatic rings. The first-order chi connectivity index (χ1) is 21.4. The number of hydrogen-bond donors (Lipinski definition) is 3. The third kappa shape index (κ3) is 5.99. The number of phenols is 1. The molecule has 1 saturated carbocycles. The number of hydroxylamine groups is 1. The second-order valence-corrected chi connectivity index (χ2v) is 12.8. The predicted octanol–water partition coefficient (Wildman–Crippen LogP) is 5.25. The van der Waals surface area contributed by atoms with Gasteiger partial charge in [-0.25, -0.2) is 35.8 Å². The van der Waals surface area contributed by atoms with E-state index in [0.717, 1.165) is 48.3 Å². The van der Waals surface area contributed by atoms with E-state index in [1.165, 1.54) is 18.0 Å². The molecule has 1 heterocycles. The van der Waals surface area contributed by atoms with Gasteiger partial charge in [-0.05, 0) is 48.4 Å². The fourth-order valence-corrected chi connectivity index (χ4v) is 7.50. The van der Waals surface area contributed by atoms with E-state index < -0.39 is 74.2 Å². The Labute approximate surface area is 254 Å². The molecule has 1 atom stereocenters. The van der Waals surface area contributed by atoms with Gasteiger partial charge in [0.2, 0.25) is 21.7 Å². The molecule has 5 rings (SSSR count). The maximum Gasteiger partial charge on any atom is 0.278 e. The van der Waals surface area contributed by atoms with E-state index in [2.05, 4.69) is 0 Å². The molecule has 3 aromatic carbocycles. The average molecular weight is 654 g/mol. The lowest BCUT2D eigenvalue weighted by atomic mass is 9.84. The van der Waals surface area contributed by atoms with Crippen LogP contribution in [0, 0.1) is 29.1 Å². The zero-order valence-electron chi connectivity index (χ0n) is 23.6. The topological polar surface area (TPSA) is 127 Å². The summed E-state index contributed by atoms with van der Waals surface area (Å²) in [5, 5.41) is 19.4. The monoisotopic (exact) mass is 653 g/mol. The highest BCUT2D eigenvalue weighted by molar-refractivity contribution is 7.89. The number of carbonyl (C=O) groups excluding carboxylic acids is 2. The van der Waals surface area contributed by atoms with Crippen LogP contribution < -0.4 is 10.4 Å². The Hall–Kier alpha value is -4.08. The molecule has 2 amide bonds. The number of hydrogen-bond acceptors (Lipinski definition) is 6. The largest absolute Gasteiger partial charge is 0.507 e. The molecule has 15 heteroatoms. The molecule has 2 fully saturated rings. The molecular weight excluding hydrogens is 625 g/mol. The van der Waals surface area contributed by atoms with Crippen LogP contribution in [-0.2, 0) is 21.4 Å². The predicted molar refractivity (Wildman–Crippen MR) is 149 cm³/mol. The van der Waals surface area contributed by atoms with Gasteiger partial charge < -0.3 is 10.0 Å². The van der Waals surface area contributed by atoms with Crippen LogP contribution in [-0.4, -0.2) is 47.4 Å². The Balaban J connectivity index is 1.49. The number of nitrogens with zero attached hydrogens (tertiary/aromatic N) is 2. The minimum atomic E-state index is -5.40. The van der Waals surface area contributed by atoms with Crippen LogP contribution >= 0.6 is 0 Å². The summed E-state index contributed by atoms with van der Waals surface area (Å²) in [6, 6.07) is 9.18. The quantitative estimate of drug-likeness (QED) is 0.100. The zero-order valence-corrected chi connectivity index (χ0v) is 24.4. The summed E-state index contributed by atoms with van der Waals surface area (Å²) < 4.78 is 97.1. The van der Waals surface area contributed by atoms with E-state index in [0.29, 0.717) is 15.8 Å². The number of halogens is 5.